The van der Waals surface area contributed by atoms with E-state index in [0.717, 1.165) is 18.9 Å². The zero-order valence-corrected chi connectivity index (χ0v) is 8.02. The molecule has 1 aliphatic rings. The highest BCUT2D eigenvalue weighted by molar-refractivity contribution is 4.94. The second-order valence-electron chi connectivity index (χ2n) is 3.98. The van der Waals surface area contributed by atoms with E-state index in [0.29, 0.717) is 0 Å². The molecule has 1 rings (SSSR count). The molecular formula is C11H21N. The van der Waals surface area contributed by atoms with Crippen LogP contribution in [-0.4, -0.2) is 6.54 Å². The highest BCUT2D eigenvalue weighted by Gasteiger charge is 2.14. The number of hydrogen-bond donors (Lipinski definition) is 1. The Hall–Kier alpha value is -0.300. The largest absolute Gasteiger partial charge is 0.330 e. The Bertz CT molecular complexity index is 134. The monoisotopic (exact) mass is 167 g/mol. The van der Waals surface area contributed by atoms with Crippen molar-refractivity contribution in [1.29, 1.82) is 0 Å². The fourth-order valence-corrected chi connectivity index (χ4v) is 2.04. The lowest BCUT2D eigenvalue weighted by atomic mass is 9.98. The molecule has 1 nitrogen and oxygen atoms in total. The van der Waals surface area contributed by atoms with Crippen LogP contribution in [0.3, 0.4) is 0 Å². The van der Waals surface area contributed by atoms with Crippen molar-refractivity contribution >= 4 is 0 Å². The topological polar surface area (TPSA) is 26.0 Å². The average Bonchev–Trinajstić information content (AvgIpc) is 2.53. The third-order valence-electron chi connectivity index (χ3n) is 2.88. The molecule has 1 aliphatic carbocycles. The first-order chi connectivity index (χ1) is 5.83. The fourth-order valence-electron chi connectivity index (χ4n) is 2.04. The lowest BCUT2D eigenvalue weighted by molar-refractivity contribution is 0.499. The van der Waals surface area contributed by atoms with Crippen LogP contribution >= 0.6 is 0 Å². The van der Waals surface area contributed by atoms with Gasteiger partial charge in [0.25, 0.3) is 0 Å². The molecule has 0 aromatic carbocycles. The lowest BCUT2D eigenvalue weighted by Crippen LogP contribution is -2.01. The van der Waals surface area contributed by atoms with Crippen LogP contribution in [0.15, 0.2) is 12.2 Å². The Kier molecular flexibility index (Phi) is 4.37. The van der Waals surface area contributed by atoms with Crippen molar-refractivity contribution in [3.05, 3.63) is 12.2 Å². The van der Waals surface area contributed by atoms with Gasteiger partial charge in [0.15, 0.2) is 0 Å². The van der Waals surface area contributed by atoms with Crippen molar-refractivity contribution in [1.82, 2.24) is 0 Å². The van der Waals surface area contributed by atoms with E-state index < -0.39 is 0 Å². The predicted molar refractivity (Wildman–Crippen MR) is 54.0 cm³/mol. The van der Waals surface area contributed by atoms with Gasteiger partial charge in [0, 0.05) is 0 Å². The summed E-state index contributed by atoms with van der Waals surface area (Å²) in [6.45, 7) is 4.79. The molecule has 1 fully saturated rings. The normalized spacial score (nSPS) is 18.4. The van der Waals surface area contributed by atoms with Crippen LogP contribution in [0, 0.1) is 5.92 Å². The number of hydrogen-bond acceptors (Lipinski definition) is 1. The van der Waals surface area contributed by atoms with Gasteiger partial charge in [-0.2, -0.15) is 0 Å². The molecule has 0 spiro atoms. The summed E-state index contributed by atoms with van der Waals surface area (Å²) in [4.78, 5) is 0. The van der Waals surface area contributed by atoms with Crippen molar-refractivity contribution in [2.75, 3.05) is 6.54 Å². The minimum Gasteiger partial charge on any atom is -0.330 e. The van der Waals surface area contributed by atoms with Crippen LogP contribution in [0.5, 0.6) is 0 Å². The van der Waals surface area contributed by atoms with Gasteiger partial charge in [-0.15, -0.1) is 0 Å². The van der Waals surface area contributed by atoms with Crippen LogP contribution in [0.2, 0.25) is 0 Å². The van der Waals surface area contributed by atoms with Crippen molar-refractivity contribution in [3.63, 3.8) is 0 Å². The molecule has 0 aromatic heterocycles. The van der Waals surface area contributed by atoms with Crippen LogP contribution < -0.4 is 5.73 Å². The van der Waals surface area contributed by atoms with Crippen LogP contribution in [0.4, 0.5) is 0 Å². The summed E-state index contributed by atoms with van der Waals surface area (Å²) in [7, 11) is 0. The molecule has 12 heavy (non-hydrogen) atoms. The summed E-state index contributed by atoms with van der Waals surface area (Å²) in [5.41, 5.74) is 6.80. The van der Waals surface area contributed by atoms with Gasteiger partial charge in [-0.3, -0.25) is 0 Å². The number of nitrogens with two attached hydrogens (primary N) is 1. The maximum atomic E-state index is 5.45. The van der Waals surface area contributed by atoms with E-state index in [2.05, 4.69) is 6.58 Å². The molecule has 0 radical (unpaired) electrons. The standard InChI is InChI=1S/C11H21N/c1-10(8-9-12)6-7-11-4-2-3-5-11/h11H,1-9,12H2. The van der Waals surface area contributed by atoms with Gasteiger partial charge in [-0.25, -0.2) is 0 Å². The fraction of sp³-hybridized carbons (Fsp3) is 0.818. The molecule has 0 atom stereocenters. The Morgan fingerprint density at radius 1 is 1.25 bits per heavy atom. The Labute approximate surface area is 76.0 Å². The molecule has 2 N–H and O–H groups in total. The van der Waals surface area contributed by atoms with Crippen LogP contribution in [0.1, 0.15) is 44.9 Å². The summed E-state index contributed by atoms with van der Waals surface area (Å²) < 4.78 is 0. The van der Waals surface area contributed by atoms with E-state index in [-0.39, 0.29) is 0 Å². The first kappa shape index (κ1) is 9.79. The van der Waals surface area contributed by atoms with Gasteiger partial charge in [0.05, 0.1) is 0 Å². The molecule has 70 valence electrons. The summed E-state index contributed by atoms with van der Waals surface area (Å²) in [5.74, 6) is 1.000. The molecular weight excluding hydrogens is 146 g/mol. The third-order valence-corrected chi connectivity index (χ3v) is 2.88. The Balaban J connectivity index is 2.03. The first-order valence-corrected chi connectivity index (χ1v) is 5.19. The first-order valence-electron chi connectivity index (χ1n) is 5.19. The molecule has 0 bridgehead atoms. The van der Waals surface area contributed by atoms with E-state index >= 15 is 0 Å². The molecule has 1 heteroatoms. The Morgan fingerprint density at radius 3 is 2.50 bits per heavy atom. The molecule has 0 saturated heterocycles. The third kappa shape index (κ3) is 3.40. The van der Waals surface area contributed by atoms with Gasteiger partial charge in [-0.05, 0) is 31.7 Å². The van der Waals surface area contributed by atoms with Crippen LogP contribution in [0.25, 0.3) is 0 Å². The van der Waals surface area contributed by atoms with Crippen LogP contribution in [-0.2, 0) is 0 Å². The van der Waals surface area contributed by atoms with Crippen molar-refractivity contribution < 1.29 is 0 Å². The molecule has 0 aliphatic heterocycles. The lowest BCUT2D eigenvalue weighted by Gasteiger charge is -2.09. The van der Waals surface area contributed by atoms with E-state index in [1.165, 1.54) is 44.1 Å². The zero-order valence-electron chi connectivity index (χ0n) is 8.02. The van der Waals surface area contributed by atoms with Gasteiger partial charge >= 0.3 is 0 Å². The highest BCUT2D eigenvalue weighted by Crippen LogP contribution is 2.29. The van der Waals surface area contributed by atoms with Gasteiger partial charge < -0.3 is 5.73 Å². The molecule has 0 aromatic rings. The van der Waals surface area contributed by atoms with Crippen molar-refractivity contribution in [2.45, 2.75) is 44.9 Å². The van der Waals surface area contributed by atoms with E-state index in [1.54, 1.807) is 0 Å². The summed E-state index contributed by atoms with van der Waals surface area (Å²) in [5, 5.41) is 0. The van der Waals surface area contributed by atoms with E-state index in [9.17, 15) is 0 Å². The van der Waals surface area contributed by atoms with E-state index in [1.807, 2.05) is 0 Å². The molecule has 1 saturated carbocycles. The summed E-state index contributed by atoms with van der Waals surface area (Å²) >= 11 is 0. The van der Waals surface area contributed by atoms with Gasteiger partial charge in [0.2, 0.25) is 0 Å². The van der Waals surface area contributed by atoms with Gasteiger partial charge in [-0.1, -0.05) is 37.8 Å². The SMILES string of the molecule is C=C(CCN)CCC1CCCC1. The second-order valence-corrected chi connectivity index (χ2v) is 3.98. The van der Waals surface area contributed by atoms with E-state index in [4.69, 9.17) is 5.73 Å². The maximum Gasteiger partial charge on any atom is -0.00400 e. The quantitative estimate of drug-likeness (QED) is 0.626. The minimum absolute atomic E-state index is 0.767. The maximum absolute atomic E-state index is 5.45. The smallest absolute Gasteiger partial charge is 0.00400 e. The summed E-state index contributed by atoms with van der Waals surface area (Å²) in [6, 6.07) is 0. The minimum atomic E-state index is 0.767. The summed E-state index contributed by atoms with van der Waals surface area (Å²) in [6.07, 6.45) is 9.40. The Morgan fingerprint density at radius 2 is 1.92 bits per heavy atom. The molecule has 0 unspecified atom stereocenters. The second kappa shape index (κ2) is 5.36. The molecule has 0 amide bonds. The van der Waals surface area contributed by atoms with Gasteiger partial charge in [0.1, 0.15) is 0 Å². The zero-order chi connectivity index (χ0) is 8.81. The number of rotatable bonds is 5. The predicted octanol–water partition coefficient (Wildman–Crippen LogP) is 2.86. The highest BCUT2D eigenvalue weighted by atomic mass is 14.5. The molecule has 0 heterocycles. The average molecular weight is 167 g/mol. The van der Waals surface area contributed by atoms with Crippen molar-refractivity contribution in [3.8, 4) is 0 Å². The van der Waals surface area contributed by atoms with Crippen molar-refractivity contribution in [2.24, 2.45) is 11.7 Å².